The SMILES string of the molecule is CCNC(C)C(C)(O)C(C)C. The van der Waals surface area contributed by atoms with Crippen LogP contribution in [0.3, 0.4) is 0 Å². The first-order valence-corrected chi connectivity index (χ1v) is 4.38. The van der Waals surface area contributed by atoms with Crippen molar-refractivity contribution in [2.75, 3.05) is 6.54 Å². The van der Waals surface area contributed by atoms with Crippen LogP contribution >= 0.6 is 0 Å². The van der Waals surface area contributed by atoms with Crippen LogP contribution in [0.4, 0.5) is 0 Å². The molecule has 0 aliphatic heterocycles. The lowest BCUT2D eigenvalue weighted by molar-refractivity contribution is -0.0164. The first-order valence-electron chi connectivity index (χ1n) is 4.38. The van der Waals surface area contributed by atoms with Gasteiger partial charge in [-0.2, -0.15) is 0 Å². The summed E-state index contributed by atoms with van der Waals surface area (Å²) in [5.74, 6) is 0.288. The second kappa shape index (κ2) is 4.07. The molecular weight excluding hydrogens is 138 g/mol. The molecule has 2 unspecified atom stereocenters. The fourth-order valence-electron chi connectivity index (χ4n) is 1.01. The predicted molar refractivity (Wildman–Crippen MR) is 48.6 cm³/mol. The zero-order chi connectivity index (χ0) is 9.07. The second-order valence-corrected chi connectivity index (χ2v) is 3.66. The molecule has 2 nitrogen and oxygen atoms in total. The summed E-state index contributed by atoms with van der Waals surface area (Å²) in [5, 5.41) is 13.1. The van der Waals surface area contributed by atoms with E-state index >= 15 is 0 Å². The lowest BCUT2D eigenvalue weighted by atomic mass is 9.86. The van der Waals surface area contributed by atoms with Gasteiger partial charge in [0, 0.05) is 6.04 Å². The molecule has 0 radical (unpaired) electrons. The summed E-state index contributed by atoms with van der Waals surface area (Å²) in [6.45, 7) is 10.9. The van der Waals surface area contributed by atoms with Crippen LogP contribution < -0.4 is 5.32 Å². The molecular formula is C9H21NO. The van der Waals surface area contributed by atoms with Gasteiger partial charge in [-0.15, -0.1) is 0 Å². The lowest BCUT2D eigenvalue weighted by Crippen LogP contribution is -2.50. The molecule has 11 heavy (non-hydrogen) atoms. The standard InChI is InChI=1S/C9H21NO/c1-6-10-8(4)9(5,11)7(2)3/h7-8,10-11H,6H2,1-5H3. The molecule has 0 saturated heterocycles. The van der Waals surface area contributed by atoms with Crippen LogP contribution in [-0.2, 0) is 0 Å². The maximum absolute atomic E-state index is 9.93. The number of nitrogens with one attached hydrogen (secondary N) is 1. The van der Waals surface area contributed by atoms with Gasteiger partial charge in [0.15, 0.2) is 0 Å². The zero-order valence-corrected chi connectivity index (χ0v) is 8.31. The minimum absolute atomic E-state index is 0.160. The van der Waals surface area contributed by atoms with E-state index < -0.39 is 5.60 Å². The fraction of sp³-hybridized carbons (Fsp3) is 1.00. The van der Waals surface area contributed by atoms with Crippen molar-refractivity contribution in [2.45, 2.75) is 46.3 Å². The minimum Gasteiger partial charge on any atom is -0.388 e. The van der Waals surface area contributed by atoms with E-state index in [0.29, 0.717) is 0 Å². The van der Waals surface area contributed by atoms with Gasteiger partial charge >= 0.3 is 0 Å². The smallest absolute Gasteiger partial charge is 0.0792 e. The van der Waals surface area contributed by atoms with Crippen molar-refractivity contribution in [1.82, 2.24) is 5.32 Å². The van der Waals surface area contributed by atoms with Crippen LogP contribution in [0, 0.1) is 5.92 Å². The van der Waals surface area contributed by atoms with Crippen molar-refractivity contribution >= 4 is 0 Å². The molecule has 0 aliphatic carbocycles. The van der Waals surface area contributed by atoms with E-state index in [1.54, 1.807) is 0 Å². The third-order valence-electron chi connectivity index (χ3n) is 2.56. The first-order chi connectivity index (χ1) is 4.92. The Morgan fingerprint density at radius 2 is 1.82 bits per heavy atom. The van der Waals surface area contributed by atoms with Gasteiger partial charge in [0.05, 0.1) is 5.60 Å². The second-order valence-electron chi connectivity index (χ2n) is 3.66. The Bertz CT molecular complexity index is 110. The molecule has 0 amide bonds. The predicted octanol–water partition coefficient (Wildman–Crippen LogP) is 1.39. The van der Waals surface area contributed by atoms with Crippen LogP contribution in [0.2, 0.25) is 0 Å². The molecule has 0 aromatic heterocycles. The highest BCUT2D eigenvalue weighted by Gasteiger charge is 2.30. The summed E-state index contributed by atoms with van der Waals surface area (Å²) in [6.07, 6.45) is 0. The molecule has 0 aliphatic rings. The van der Waals surface area contributed by atoms with Crippen molar-refractivity contribution in [2.24, 2.45) is 5.92 Å². The first kappa shape index (κ1) is 10.9. The normalized spacial score (nSPS) is 19.9. The van der Waals surface area contributed by atoms with Gasteiger partial charge in [-0.25, -0.2) is 0 Å². The van der Waals surface area contributed by atoms with E-state index in [9.17, 15) is 5.11 Å². The highest BCUT2D eigenvalue weighted by atomic mass is 16.3. The highest BCUT2D eigenvalue weighted by molar-refractivity contribution is 4.86. The third kappa shape index (κ3) is 2.80. The van der Waals surface area contributed by atoms with Gasteiger partial charge in [0.1, 0.15) is 0 Å². The van der Waals surface area contributed by atoms with Gasteiger partial charge in [-0.3, -0.25) is 0 Å². The average molecular weight is 159 g/mol. The topological polar surface area (TPSA) is 32.3 Å². The van der Waals surface area contributed by atoms with Gasteiger partial charge in [-0.1, -0.05) is 20.8 Å². The van der Waals surface area contributed by atoms with E-state index in [2.05, 4.69) is 5.32 Å². The highest BCUT2D eigenvalue weighted by Crippen LogP contribution is 2.19. The molecule has 2 heteroatoms. The average Bonchev–Trinajstić information content (AvgIpc) is 1.88. The van der Waals surface area contributed by atoms with Crippen molar-refractivity contribution in [3.05, 3.63) is 0 Å². The van der Waals surface area contributed by atoms with Gasteiger partial charge in [0.25, 0.3) is 0 Å². The summed E-state index contributed by atoms with van der Waals surface area (Å²) >= 11 is 0. The van der Waals surface area contributed by atoms with Crippen molar-refractivity contribution in [3.8, 4) is 0 Å². The Hall–Kier alpha value is -0.0800. The van der Waals surface area contributed by atoms with E-state index in [1.165, 1.54) is 0 Å². The number of hydrogen-bond donors (Lipinski definition) is 2. The van der Waals surface area contributed by atoms with Crippen molar-refractivity contribution in [1.29, 1.82) is 0 Å². The lowest BCUT2D eigenvalue weighted by Gasteiger charge is -2.34. The molecule has 0 saturated carbocycles. The Balaban J connectivity index is 4.05. The van der Waals surface area contributed by atoms with Crippen LogP contribution in [0.1, 0.15) is 34.6 Å². The molecule has 2 atom stereocenters. The minimum atomic E-state index is -0.601. The van der Waals surface area contributed by atoms with Crippen LogP contribution in [-0.4, -0.2) is 23.3 Å². The van der Waals surface area contributed by atoms with Crippen LogP contribution in [0.25, 0.3) is 0 Å². The molecule has 0 aromatic carbocycles. The van der Waals surface area contributed by atoms with Crippen molar-refractivity contribution in [3.63, 3.8) is 0 Å². The summed E-state index contributed by atoms with van der Waals surface area (Å²) in [5.41, 5.74) is -0.601. The number of likely N-dealkylation sites (N-methyl/N-ethyl adjacent to an activating group) is 1. The Labute approximate surface area is 70.0 Å². The van der Waals surface area contributed by atoms with Crippen LogP contribution in [0.15, 0.2) is 0 Å². The maximum atomic E-state index is 9.93. The summed E-state index contributed by atoms with van der Waals surface area (Å²) < 4.78 is 0. The zero-order valence-electron chi connectivity index (χ0n) is 8.31. The number of hydrogen-bond acceptors (Lipinski definition) is 2. The molecule has 0 spiro atoms. The molecule has 0 aromatic rings. The van der Waals surface area contributed by atoms with E-state index in [0.717, 1.165) is 6.54 Å². The summed E-state index contributed by atoms with van der Waals surface area (Å²) in [4.78, 5) is 0. The fourth-order valence-corrected chi connectivity index (χ4v) is 1.01. The molecule has 0 bridgehead atoms. The molecule has 68 valence electrons. The monoisotopic (exact) mass is 159 g/mol. The maximum Gasteiger partial charge on any atom is 0.0792 e. The summed E-state index contributed by atoms with van der Waals surface area (Å²) in [6, 6.07) is 0.160. The largest absolute Gasteiger partial charge is 0.388 e. The van der Waals surface area contributed by atoms with E-state index in [-0.39, 0.29) is 12.0 Å². The van der Waals surface area contributed by atoms with Gasteiger partial charge in [0.2, 0.25) is 0 Å². The third-order valence-corrected chi connectivity index (χ3v) is 2.56. The quantitative estimate of drug-likeness (QED) is 0.649. The molecule has 0 rings (SSSR count). The Morgan fingerprint density at radius 1 is 1.36 bits per heavy atom. The number of rotatable bonds is 4. The van der Waals surface area contributed by atoms with E-state index in [4.69, 9.17) is 0 Å². The number of aliphatic hydroxyl groups is 1. The molecule has 0 fully saturated rings. The Kier molecular flexibility index (Phi) is 4.04. The van der Waals surface area contributed by atoms with Crippen LogP contribution in [0.5, 0.6) is 0 Å². The summed E-state index contributed by atoms with van der Waals surface area (Å²) in [7, 11) is 0. The molecule has 2 N–H and O–H groups in total. The van der Waals surface area contributed by atoms with Crippen molar-refractivity contribution < 1.29 is 5.11 Å². The molecule has 0 heterocycles. The van der Waals surface area contributed by atoms with E-state index in [1.807, 2.05) is 34.6 Å². The van der Waals surface area contributed by atoms with Gasteiger partial charge in [-0.05, 0) is 26.3 Å². The Morgan fingerprint density at radius 3 is 2.09 bits per heavy atom. The van der Waals surface area contributed by atoms with Gasteiger partial charge < -0.3 is 10.4 Å².